The number of hydrogen-bond donors (Lipinski definition) is 35. The first-order chi connectivity index (χ1) is 65.2. The number of aliphatic hydroxyl groups excluding tert-OH is 32. The monoisotopic (exact) mass is 2020 g/mol. The Bertz CT molecular complexity index is 3730. The van der Waals surface area contributed by atoms with Gasteiger partial charge in [-0.2, -0.15) is 0 Å². The molecule has 0 aliphatic carbocycles. The molecular weight excluding hydrogens is 1890 g/mol. The van der Waals surface area contributed by atoms with Crippen LogP contribution < -0.4 is 16.0 Å². The third-order valence-corrected chi connectivity index (χ3v) is 25.8. The molecule has 11 saturated heterocycles. The maximum atomic E-state index is 13.9. The molecule has 11 aliphatic heterocycles. The average Bonchev–Trinajstić information content (AvgIpc) is 0.748. The van der Waals surface area contributed by atoms with E-state index in [0.717, 1.165) is 20.8 Å². The van der Waals surface area contributed by atoms with Gasteiger partial charge in [0, 0.05) is 20.8 Å². The van der Waals surface area contributed by atoms with E-state index in [-0.39, 0.29) is 0 Å². The van der Waals surface area contributed by atoms with Gasteiger partial charge in [-0.1, -0.05) is 0 Å². The van der Waals surface area contributed by atoms with Crippen LogP contribution in [-0.2, 0) is 119 Å². The summed E-state index contributed by atoms with van der Waals surface area (Å²) in [5.74, 6) is -3.22. The van der Waals surface area contributed by atoms with Gasteiger partial charge in [-0.25, -0.2) is 0 Å². The molecule has 35 N–H and O–H groups in total. The number of hydrogen-bond acceptors (Lipinski definition) is 57. The second-order valence-electron chi connectivity index (χ2n) is 35.5. The fourth-order valence-corrected chi connectivity index (χ4v) is 18.0. The van der Waals surface area contributed by atoms with Crippen molar-refractivity contribution in [3.63, 3.8) is 0 Å². The predicted molar refractivity (Wildman–Crippen MR) is 426 cm³/mol. The van der Waals surface area contributed by atoms with E-state index in [1.54, 1.807) is 0 Å². The summed E-state index contributed by atoms with van der Waals surface area (Å²) < 4.78 is 134. The minimum absolute atomic E-state index is 0.865. The van der Waals surface area contributed by atoms with Gasteiger partial charge in [0.1, 0.15) is 268 Å². The molecule has 0 spiro atoms. The Morgan fingerprint density at radius 1 is 0.232 bits per heavy atom. The van der Waals surface area contributed by atoms with E-state index in [0.29, 0.717) is 0 Å². The number of nitrogens with one attached hydrogen (secondary N) is 3. The van der Waals surface area contributed by atoms with E-state index in [2.05, 4.69) is 16.0 Å². The van der Waals surface area contributed by atoms with Gasteiger partial charge >= 0.3 is 0 Å². The number of carbonyl (C=O) groups excluding carboxylic acids is 3. The molecule has 0 aromatic carbocycles. The predicted octanol–water partition coefficient (Wildman–Crippen LogP) is -23.0. The van der Waals surface area contributed by atoms with Crippen LogP contribution >= 0.6 is 0 Å². The second-order valence-corrected chi connectivity index (χ2v) is 35.5. The van der Waals surface area contributed by atoms with Crippen LogP contribution in [0.25, 0.3) is 0 Å². The van der Waals surface area contributed by atoms with Crippen LogP contribution in [0.3, 0.4) is 0 Å². The molecule has 11 fully saturated rings. The van der Waals surface area contributed by atoms with Crippen LogP contribution in [-0.4, -0.2) is 603 Å². The third-order valence-electron chi connectivity index (χ3n) is 25.8. The standard InChI is InChI=1S/C78H133N3O57/c1-17-36(96)45(105)50(110)71(117-17)129-60-32(16-90)127-70(35(81-23(7)93)63(60)134-78-67(49(109)41(101)26(10-84)124-78)138-74-53(113)48(108)39(99)20(4)120-74)137-66-44(104)29(13-87)123-77(56(66)116)131-59-31(15-89)126-69(34(80-22(6)92)62(59)133-73-52(112)47(107)38(98)19(3)119-73)136-65-43(103)28(12-86)122-76(55(65)115)130-58-30(14-88)125-68(33(79-21(5)91)61(58)132-72-51(111)46(106)37(97)18(2)118-72)135-64-42(102)27(11-85)121-75(54(64)114)128-57(25(95)9-83)40(100)24(94)8-82/h17-20,24-78,82-90,94-116H,8-16H2,1-7H3,(H,79,91)(H,80,92)(H,81,93)/t17-,18-,19-,20-,24-,25+,26+,27+,28+,29+,30+,31+,32+,33+,34+,35+,36+,37+,38+,39+,40+,41-,42-,43-,44-,45+,46+,47+,48+,49-,50-,51-,52-,53-,54+,55+,56+,57+,58+,59+,60+,61+,62+,63+,64-,65-,66-,67+,68-,69-,70-,71-,72-,73-,74-,75-,76-,77-,78-/m0/s1. The lowest BCUT2D eigenvalue weighted by molar-refractivity contribution is -0.405. The zero-order valence-electron chi connectivity index (χ0n) is 74.9. The first-order valence-corrected chi connectivity index (χ1v) is 44.5. The minimum Gasteiger partial charge on any atom is -0.394 e. The highest BCUT2D eigenvalue weighted by Crippen LogP contribution is 2.44. The summed E-state index contributed by atoms with van der Waals surface area (Å²) in [6.45, 7) is -3.71. The molecule has 0 unspecified atom stereocenters. The van der Waals surface area contributed by atoms with Crippen molar-refractivity contribution in [3.05, 3.63) is 0 Å². The normalized spacial score (nSPS) is 49.7. The van der Waals surface area contributed by atoms with Crippen molar-refractivity contribution in [1.82, 2.24) is 16.0 Å². The Labute approximate surface area is 783 Å². The quantitative estimate of drug-likeness (QED) is 0.0275. The molecule has 0 radical (unpaired) electrons. The van der Waals surface area contributed by atoms with Gasteiger partial charge in [-0.3, -0.25) is 14.4 Å². The summed E-state index contributed by atoms with van der Waals surface area (Å²) >= 11 is 0. The van der Waals surface area contributed by atoms with Crippen molar-refractivity contribution in [2.75, 3.05) is 59.5 Å². The van der Waals surface area contributed by atoms with Crippen LogP contribution in [0.1, 0.15) is 48.5 Å². The van der Waals surface area contributed by atoms with Crippen molar-refractivity contribution < 1.29 is 282 Å². The average molecular weight is 2020 g/mol. The number of ether oxygens (including phenoxy) is 22. The molecule has 0 aromatic rings. The van der Waals surface area contributed by atoms with Gasteiger partial charge in [-0.05, 0) is 27.7 Å². The molecule has 0 bridgehead atoms. The van der Waals surface area contributed by atoms with Crippen LogP contribution in [0.5, 0.6) is 0 Å². The summed E-state index contributed by atoms with van der Waals surface area (Å²) in [4.78, 5) is 41.2. The molecule has 11 aliphatic rings. The minimum atomic E-state index is -2.61. The van der Waals surface area contributed by atoms with E-state index < -0.39 is 439 Å². The lowest BCUT2D eigenvalue weighted by atomic mass is 9.93. The van der Waals surface area contributed by atoms with E-state index in [9.17, 15) is 178 Å². The number of amides is 3. The van der Waals surface area contributed by atoms with Crippen LogP contribution in [0.4, 0.5) is 0 Å². The van der Waals surface area contributed by atoms with Gasteiger partial charge in [0.05, 0.1) is 83.9 Å². The van der Waals surface area contributed by atoms with E-state index >= 15 is 0 Å². The maximum Gasteiger partial charge on any atom is 0.217 e. The van der Waals surface area contributed by atoms with Crippen molar-refractivity contribution in [2.45, 2.75) is 410 Å². The molecule has 138 heavy (non-hydrogen) atoms. The fourth-order valence-electron chi connectivity index (χ4n) is 18.0. The van der Waals surface area contributed by atoms with Gasteiger partial charge in [0.2, 0.25) is 17.7 Å². The van der Waals surface area contributed by atoms with Crippen molar-refractivity contribution in [1.29, 1.82) is 0 Å². The Morgan fingerprint density at radius 3 is 0.732 bits per heavy atom. The maximum absolute atomic E-state index is 13.9. The molecule has 60 nitrogen and oxygen atoms in total. The first-order valence-electron chi connectivity index (χ1n) is 44.5. The summed E-state index contributed by atoms with van der Waals surface area (Å²) in [6.07, 6.45) is -120. The Hall–Kier alpha value is -3.75. The second kappa shape index (κ2) is 49.8. The van der Waals surface area contributed by atoms with E-state index in [1.165, 1.54) is 27.7 Å². The number of aliphatic hydroxyl groups is 32. The third kappa shape index (κ3) is 24.9. The van der Waals surface area contributed by atoms with Gasteiger partial charge < -0.3 is 284 Å². The van der Waals surface area contributed by atoms with Crippen LogP contribution in [0, 0.1) is 0 Å². The summed E-state index contributed by atoms with van der Waals surface area (Å²) in [5, 5.41) is 366. The molecule has 60 heteroatoms. The van der Waals surface area contributed by atoms with Crippen molar-refractivity contribution in [2.24, 2.45) is 0 Å². The van der Waals surface area contributed by atoms with Crippen LogP contribution in [0.2, 0.25) is 0 Å². The first kappa shape index (κ1) is 115. The van der Waals surface area contributed by atoms with Crippen LogP contribution in [0.15, 0.2) is 0 Å². The highest BCUT2D eigenvalue weighted by Gasteiger charge is 2.64. The van der Waals surface area contributed by atoms with Gasteiger partial charge in [-0.15, -0.1) is 0 Å². The summed E-state index contributed by atoms with van der Waals surface area (Å²) in [6, 6.07) is -6.43. The zero-order chi connectivity index (χ0) is 102. The lowest BCUT2D eigenvalue weighted by Gasteiger charge is -2.53. The fraction of sp³-hybridized carbons (Fsp3) is 0.962. The molecule has 11 rings (SSSR count). The number of carbonyl (C=O) groups is 3. The summed E-state index contributed by atoms with van der Waals surface area (Å²) in [5.41, 5.74) is 0. The SMILES string of the molecule is CC(=O)N[C@H]1[C@H](O[C@H]2[C@@H](O)[C@@H](CO)O[C@@H](O[C@H]3[C@H](O[C@@H]4O[C@@H](C)[C@@H](O)[C@@H](O)[C@@H]4O)[C@@H](NC(C)=O)[C@H](O[C@H]4[C@@H](O)[C@@H](CO)O[C@@H](O[C@H]5[C@H](O[C@@H]6O[C@@H](C)[C@@H](O)[C@@H](O)[C@@H]6O)[C@@H](NC(C)=O)[C@H](O[C@H]6[C@@H](O)[C@@H](CO)O[C@@H](O[C@@H]([C@H](O)[C@@H](O)CO)[C@H](O)CO)[C@@H]6O)O[C@@H]5CO)[C@@H]4O)O[C@@H]3CO)[C@@H]2O)O[C@H](CO)[C@@H](O[C@@H]2O[C@@H](C)[C@@H](O)[C@@H](O)[C@@H]2O)[C@@H]1O[C@@H]1O[C@H](CO)[C@H](O)[C@H](O)[C@H]1O[C@@H]1O[C@@H](C)[C@@H](O)[C@@H](O)[C@@H]1O. The topological polar surface area (TPSA) is 938 Å². The van der Waals surface area contributed by atoms with Gasteiger partial charge in [0.15, 0.2) is 69.2 Å². The van der Waals surface area contributed by atoms with Crippen molar-refractivity contribution in [3.8, 4) is 0 Å². The number of rotatable bonds is 37. The molecular formula is C78H133N3O57. The molecule has 802 valence electrons. The molecule has 0 saturated carbocycles. The molecule has 11 heterocycles. The Balaban J connectivity index is 0.934. The lowest BCUT2D eigenvalue weighted by Crippen LogP contribution is -2.72. The highest BCUT2D eigenvalue weighted by atomic mass is 16.8. The molecule has 59 atom stereocenters. The van der Waals surface area contributed by atoms with E-state index in [1.807, 2.05) is 0 Å². The van der Waals surface area contributed by atoms with E-state index in [4.69, 9.17) is 104 Å². The van der Waals surface area contributed by atoms with Gasteiger partial charge in [0.25, 0.3) is 0 Å². The molecule has 0 aromatic heterocycles. The molecule has 3 amide bonds. The Kier molecular flexibility index (Phi) is 41.4. The summed E-state index contributed by atoms with van der Waals surface area (Å²) in [7, 11) is 0. The largest absolute Gasteiger partial charge is 0.394 e. The Morgan fingerprint density at radius 2 is 0.457 bits per heavy atom. The highest BCUT2D eigenvalue weighted by molar-refractivity contribution is 5.74. The smallest absolute Gasteiger partial charge is 0.217 e. The zero-order valence-corrected chi connectivity index (χ0v) is 74.9. The van der Waals surface area contributed by atoms with Crippen molar-refractivity contribution >= 4 is 17.7 Å².